The summed E-state index contributed by atoms with van der Waals surface area (Å²) in [5, 5.41) is 4.45. The fourth-order valence-electron chi connectivity index (χ4n) is 2.24. The second-order valence-electron chi connectivity index (χ2n) is 4.38. The average Bonchev–Trinajstić information content (AvgIpc) is 2.73. The van der Waals surface area contributed by atoms with E-state index < -0.39 is 0 Å². The number of hydrogen-bond donors (Lipinski definition) is 1. The highest BCUT2D eigenvalue weighted by Crippen LogP contribution is 2.13. The summed E-state index contributed by atoms with van der Waals surface area (Å²) >= 11 is 0. The topological polar surface area (TPSA) is 47.1 Å². The minimum Gasteiger partial charge on any atom is -0.326 e. The lowest BCUT2D eigenvalue weighted by atomic mass is 10.3. The lowest BCUT2D eigenvalue weighted by Crippen LogP contribution is -2.27. The van der Waals surface area contributed by atoms with E-state index in [0.29, 0.717) is 6.04 Å². The number of nitrogens with two attached hydrogens (primary N) is 1. The van der Waals surface area contributed by atoms with Gasteiger partial charge in [0.05, 0.1) is 11.4 Å². The SMILES string of the molecule is CCn1nc(C)cc1CN1CCC(N)C1. The van der Waals surface area contributed by atoms with E-state index in [4.69, 9.17) is 5.73 Å². The molecule has 2 rings (SSSR count). The molecule has 1 saturated heterocycles. The molecule has 1 aliphatic rings. The smallest absolute Gasteiger partial charge is 0.0597 e. The van der Waals surface area contributed by atoms with Crippen LogP contribution in [0.25, 0.3) is 0 Å². The zero-order valence-electron chi connectivity index (χ0n) is 9.61. The standard InChI is InChI=1S/C11H20N4/c1-3-15-11(6-9(2)13-15)8-14-5-4-10(12)7-14/h6,10H,3-5,7-8,12H2,1-2H3. The van der Waals surface area contributed by atoms with Gasteiger partial charge in [-0.25, -0.2) is 0 Å². The Kier molecular flexibility index (Phi) is 3.07. The Morgan fingerprint density at radius 3 is 3.00 bits per heavy atom. The first-order valence-corrected chi connectivity index (χ1v) is 5.70. The van der Waals surface area contributed by atoms with Gasteiger partial charge in [-0.05, 0) is 26.3 Å². The van der Waals surface area contributed by atoms with Crippen molar-refractivity contribution in [3.63, 3.8) is 0 Å². The highest BCUT2D eigenvalue weighted by molar-refractivity contribution is 5.09. The van der Waals surface area contributed by atoms with Gasteiger partial charge in [-0.2, -0.15) is 5.10 Å². The minimum atomic E-state index is 0.365. The van der Waals surface area contributed by atoms with E-state index in [1.165, 1.54) is 5.69 Å². The predicted molar refractivity (Wildman–Crippen MR) is 60.5 cm³/mol. The van der Waals surface area contributed by atoms with E-state index in [-0.39, 0.29) is 0 Å². The van der Waals surface area contributed by atoms with Crippen LogP contribution in [0.5, 0.6) is 0 Å². The van der Waals surface area contributed by atoms with E-state index in [1.54, 1.807) is 0 Å². The first kappa shape index (κ1) is 10.6. The lowest BCUT2D eigenvalue weighted by Gasteiger charge is -2.15. The van der Waals surface area contributed by atoms with Crippen LogP contribution in [-0.4, -0.2) is 33.8 Å². The van der Waals surface area contributed by atoms with Crippen LogP contribution in [-0.2, 0) is 13.1 Å². The van der Waals surface area contributed by atoms with Crippen LogP contribution in [0.4, 0.5) is 0 Å². The van der Waals surface area contributed by atoms with E-state index in [0.717, 1.165) is 38.3 Å². The number of hydrogen-bond acceptors (Lipinski definition) is 3. The van der Waals surface area contributed by atoms with Gasteiger partial charge in [0.2, 0.25) is 0 Å². The van der Waals surface area contributed by atoms with Gasteiger partial charge in [0.15, 0.2) is 0 Å². The molecule has 0 radical (unpaired) electrons. The monoisotopic (exact) mass is 208 g/mol. The molecule has 0 amide bonds. The number of nitrogens with zero attached hydrogens (tertiary/aromatic N) is 3. The van der Waals surface area contributed by atoms with E-state index in [1.807, 2.05) is 6.92 Å². The molecular weight excluding hydrogens is 188 g/mol. The van der Waals surface area contributed by atoms with Crippen LogP contribution < -0.4 is 5.73 Å². The Morgan fingerprint density at radius 2 is 2.40 bits per heavy atom. The molecule has 4 heteroatoms. The summed E-state index contributed by atoms with van der Waals surface area (Å²) in [5.74, 6) is 0. The fourth-order valence-corrected chi connectivity index (χ4v) is 2.24. The molecule has 0 saturated carbocycles. The molecule has 0 aliphatic carbocycles. The number of aryl methyl sites for hydroxylation is 2. The second-order valence-corrected chi connectivity index (χ2v) is 4.38. The van der Waals surface area contributed by atoms with Crippen LogP contribution in [0.1, 0.15) is 24.7 Å². The van der Waals surface area contributed by atoms with Gasteiger partial charge in [-0.3, -0.25) is 9.58 Å². The number of aromatic nitrogens is 2. The molecule has 2 N–H and O–H groups in total. The van der Waals surface area contributed by atoms with Crippen molar-refractivity contribution in [3.8, 4) is 0 Å². The summed E-state index contributed by atoms with van der Waals surface area (Å²) in [6, 6.07) is 2.54. The maximum absolute atomic E-state index is 5.89. The molecule has 15 heavy (non-hydrogen) atoms. The molecule has 4 nitrogen and oxygen atoms in total. The van der Waals surface area contributed by atoms with Crippen LogP contribution >= 0.6 is 0 Å². The van der Waals surface area contributed by atoms with Gasteiger partial charge < -0.3 is 5.73 Å². The summed E-state index contributed by atoms with van der Waals surface area (Å²) in [4.78, 5) is 2.41. The van der Waals surface area contributed by atoms with E-state index >= 15 is 0 Å². The van der Waals surface area contributed by atoms with Crippen molar-refractivity contribution in [2.45, 2.75) is 39.4 Å². The third-order valence-electron chi connectivity index (χ3n) is 2.98. The van der Waals surface area contributed by atoms with E-state index in [9.17, 15) is 0 Å². The van der Waals surface area contributed by atoms with Crippen LogP contribution in [0.15, 0.2) is 6.07 Å². The van der Waals surface area contributed by atoms with Gasteiger partial charge in [0, 0.05) is 32.2 Å². The van der Waals surface area contributed by atoms with Crippen molar-refractivity contribution in [3.05, 3.63) is 17.5 Å². The summed E-state index contributed by atoms with van der Waals surface area (Å²) in [7, 11) is 0. The van der Waals surface area contributed by atoms with Crippen LogP contribution in [0, 0.1) is 6.92 Å². The molecule has 84 valence electrons. The number of rotatable bonds is 3. The van der Waals surface area contributed by atoms with Crippen LogP contribution in [0.3, 0.4) is 0 Å². The average molecular weight is 208 g/mol. The summed E-state index contributed by atoms with van der Waals surface area (Å²) < 4.78 is 2.08. The van der Waals surface area contributed by atoms with E-state index in [2.05, 4.69) is 27.7 Å². The van der Waals surface area contributed by atoms with Gasteiger partial charge in [-0.15, -0.1) is 0 Å². The first-order valence-electron chi connectivity index (χ1n) is 5.70. The quantitative estimate of drug-likeness (QED) is 0.797. The molecule has 0 bridgehead atoms. The van der Waals surface area contributed by atoms with Gasteiger partial charge in [0.1, 0.15) is 0 Å². The van der Waals surface area contributed by atoms with Gasteiger partial charge in [-0.1, -0.05) is 0 Å². The summed E-state index contributed by atoms with van der Waals surface area (Å²) in [6.45, 7) is 8.26. The minimum absolute atomic E-state index is 0.365. The van der Waals surface area contributed by atoms with Gasteiger partial charge >= 0.3 is 0 Å². The third-order valence-corrected chi connectivity index (χ3v) is 2.98. The first-order chi connectivity index (χ1) is 7.19. The molecule has 1 aromatic heterocycles. The highest BCUT2D eigenvalue weighted by atomic mass is 15.3. The van der Waals surface area contributed by atoms with Crippen molar-refractivity contribution < 1.29 is 0 Å². The largest absolute Gasteiger partial charge is 0.326 e. The van der Waals surface area contributed by atoms with Crippen molar-refractivity contribution in [1.82, 2.24) is 14.7 Å². The molecule has 1 aliphatic heterocycles. The molecule has 0 aromatic carbocycles. The molecule has 1 aromatic rings. The number of likely N-dealkylation sites (tertiary alicyclic amines) is 1. The normalized spacial score (nSPS) is 22.5. The Labute approximate surface area is 91.1 Å². The summed E-state index contributed by atoms with van der Waals surface area (Å²) in [5.41, 5.74) is 8.31. The fraction of sp³-hybridized carbons (Fsp3) is 0.727. The van der Waals surface area contributed by atoms with Crippen molar-refractivity contribution in [2.24, 2.45) is 5.73 Å². The third kappa shape index (κ3) is 2.38. The Morgan fingerprint density at radius 1 is 1.60 bits per heavy atom. The highest BCUT2D eigenvalue weighted by Gasteiger charge is 2.20. The molecule has 1 unspecified atom stereocenters. The lowest BCUT2D eigenvalue weighted by molar-refractivity contribution is 0.315. The maximum Gasteiger partial charge on any atom is 0.0597 e. The molecule has 1 fully saturated rings. The Balaban J connectivity index is 2.03. The maximum atomic E-state index is 5.89. The zero-order valence-corrected chi connectivity index (χ0v) is 9.61. The van der Waals surface area contributed by atoms with Crippen molar-refractivity contribution in [1.29, 1.82) is 0 Å². The Bertz CT molecular complexity index is 331. The van der Waals surface area contributed by atoms with Gasteiger partial charge in [0.25, 0.3) is 0 Å². The molecule has 0 spiro atoms. The Hall–Kier alpha value is -0.870. The van der Waals surface area contributed by atoms with Crippen molar-refractivity contribution in [2.75, 3.05) is 13.1 Å². The zero-order chi connectivity index (χ0) is 10.8. The second kappa shape index (κ2) is 4.33. The van der Waals surface area contributed by atoms with Crippen LogP contribution in [0.2, 0.25) is 0 Å². The summed E-state index contributed by atoms with van der Waals surface area (Å²) in [6.07, 6.45) is 1.12. The predicted octanol–water partition coefficient (Wildman–Crippen LogP) is 0.744. The molecule has 2 heterocycles. The molecular formula is C11H20N4. The van der Waals surface area contributed by atoms with Crippen molar-refractivity contribution >= 4 is 0 Å². The molecule has 1 atom stereocenters.